The number of carbonyl (C=O) groups is 1. The van der Waals surface area contributed by atoms with Crippen molar-refractivity contribution in [1.82, 2.24) is 19.7 Å². The lowest BCUT2D eigenvalue weighted by atomic mass is 9.91. The normalized spacial score (nSPS) is 20.1. The molecular formula is C19H26N4O. The maximum absolute atomic E-state index is 12.5. The molecule has 2 aliphatic rings. The number of aromatic nitrogens is 3. The molecule has 1 saturated heterocycles. The molecule has 0 unspecified atom stereocenters. The van der Waals surface area contributed by atoms with E-state index in [0.29, 0.717) is 17.7 Å². The highest BCUT2D eigenvalue weighted by Crippen LogP contribution is 2.33. The summed E-state index contributed by atoms with van der Waals surface area (Å²) >= 11 is 0. The molecule has 0 spiro atoms. The van der Waals surface area contributed by atoms with Gasteiger partial charge in [0.25, 0.3) is 0 Å². The molecule has 5 nitrogen and oxygen atoms in total. The van der Waals surface area contributed by atoms with Crippen molar-refractivity contribution < 1.29 is 4.79 Å². The quantitative estimate of drug-likeness (QED) is 0.870. The van der Waals surface area contributed by atoms with Crippen LogP contribution in [0.15, 0.2) is 18.3 Å². The Hall–Kier alpha value is -1.91. The fraction of sp³-hybridized carbons (Fsp3) is 0.632. The summed E-state index contributed by atoms with van der Waals surface area (Å²) in [4.78, 5) is 19.0. The molecule has 0 N–H and O–H groups in total. The summed E-state index contributed by atoms with van der Waals surface area (Å²) < 4.78 is 1.88. The van der Waals surface area contributed by atoms with Crippen molar-refractivity contribution >= 4 is 16.9 Å². The second-order valence-electron chi connectivity index (χ2n) is 7.39. The van der Waals surface area contributed by atoms with Gasteiger partial charge >= 0.3 is 0 Å². The second-order valence-corrected chi connectivity index (χ2v) is 7.39. The molecule has 0 aromatic carbocycles. The largest absolute Gasteiger partial charge is 0.343 e. The summed E-state index contributed by atoms with van der Waals surface area (Å²) in [5, 5.41) is 5.88. The van der Waals surface area contributed by atoms with Crippen LogP contribution in [0.1, 0.15) is 56.6 Å². The van der Waals surface area contributed by atoms with E-state index in [0.717, 1.165) is 49.1 Å². The van der Waals surface area contributed by atoms with E-state index in [4.69, 9.17) is 5.10 Å². The third-order valence-electron chi connectivity index (χ3n) is 5.80. The van der Waals surface area contributed by atoms with Gasteiger partial charge in [-0.25, -0.2) is 4.98 Å². The highest BCUT2D eigenvalue weighted by molar-refractivity contribution is 5.79. The minimum atomic E-state index is 0.368. The van der Waals surface area contributed by atoms with Gasteiger partial charge in [-0.2, -0.15) is 5.10 Å². The Kier molecular flexibility index (Phi) is 4.25. The average Bonchev–Trinajstić information content (AvgIpc) is 3.24. The van der Waals surface area contributed by atoms with Gasteiger partial charge in [-0.05, 0) is 43.7 Å². The fourth-order valence-electron chi connectivity index (χ4n) is 4.41. The summed E-state index contributed by atoms with van der Waals surface area (Å²) in [5.74, 6) is 1.45. The van der Waals surface area contributed by atoms with Crippen LogP contribution >= 0.6 is 0 Å². The number of aryl methyl sites for hydroxylation is 1. The number of rotatable bonds is 3. The molecule has 128 valence electrons. The highest BCUT2D eigenvalue weighted by Gasteiger charge is 2.28. The van der Waals surface area contributed by atoms with E-state index in [1.54, 1.807) is 0 Å². The smallest absolute Gasteiger partial charge is 0.222 e. The monoisotopic (exact) mass is 326 g/mol. The van der Waals surface area contributed by atoms with Gasteiger partial charge in [0.05, 0.1) is 5.69 Å². The van der Waals surface area contributed by atoms with Crippen molar-refractivity contribution in [2.45, 2.75) is 50.9 Å². The number of amides is 1. The zero-order valence-electron chi connectivity index (χ0n) is 14.4. The highest BCUT2D eigenvalue weighted by atomic mass is 16.2. The first kappa shape index (κ1) is 15.6. The van der Waals surface area contributed by atoms with E-state index in [-0.39, 0.29) is 0 Å². The molecular weight excluding hydrogens is 300 g/mol. The number of carbonyl (C=O) groups excluding carboxylic acids is 1. The van der Waals surface area contributed by atoms with Gasteiger partial charge in [-0.15, -0.1) is 0 Å². The Morgan fingerprint density at radius 3 is 2.71 bits per heavy atom. The van der Waals surface area contributed by atoms with Crippen molar-refractivity contribution in [3.8, 4) is 0 Å². The minimum Gasteiger partial charge on any atom is -0.343 e. The molecule has 1 saturated carbocycles. The molecule has 5 heteroatoms. The van der Waals surface area contributed by atoms with Crippen molar-refractivity contribution in [2.75, 3.05) is 13.1 Å². The van der Waals surface area contributed by atoms with Crippen LogP contribution in [0.25, 0.3) is 11.0 Å². The van der Waals surface area contributed by atoms with E-state index >= 15 is 0 Å². The third kappa shape index (κ3) is 2.92. The number of hydrogen-bond donors (Lipinski definition) is 0. The first-order valence-corrected chi connectivity index (χ1v) is 9.28. The Labute approximate surface area is 143 Å². The van der Waals surface area contributed by atoms with Gasteiger partial charge in [0.2, 0.25) is 5.91 Å². The van der Waals surface area contributed by atoms with E-state index < -0.39 is 0 Å². The predicted octanol–water partition coefficient (Wildman–Crippen LogP) is 3.25. The summed E-state index contributed by atoms with van der Waals surface area (Å²) in [6.07, 6.45) is 9.71. The van der Waals surface area contributed by atoms with Gasteiger partial charge in [0, 0.05) is 44.1 Å². The SMILES string of the molecule is Cn1nc(C2CCN(C(=O)CC3CCCC3)CC2)c2cccnc21. The Balaban J connectivity index is 1.41. The Morgan fingerprint density at radius 1 is 1.21 bits per heavy atom. The standard InChI is InChI=1S/C19H26N4O/c1-22-19-16(7-4-10-20-19)18(21-22)15-8-11-23(12-9-15)17(24)13-14-5-2-3-6-14/h4,7,10,14-15H,2-3,5-6,8-9,11-13H2,1H3. The van der Waals surface area contributed by atoms with Crippen LogP contribution in [0, 0.1) is 5.92 Å². The van der Waals surface area contributed by atoms with Gasteiger partial charge in [-0.3, -0.25) is 9.48 Å². The van der Waals surface area contributed by atoms with Crippen LogP contribution < -0.4 is 0 Å². The molecule has 2 fully saturated rings. The van der Waals surface area contributed by atoms with E-state index in [9.17, 15) is 4.79 Å². The molecule has 0 atom stereocenters. The minimum absolute atomic E-state index is 0.368. The first-order valence-electron chi connectivity index (χ1n) is 9.28. The maximum Gasteiger partial charge on any atom is 0.222 e. The van der Waals surface area contributed by atoms with Crippen LogP contribution in [0.4, 0.5) is 0 Å². The Morgan fingerprint density at radius 2 is 1.96 bits per heavy atom. The summed E-state index contributed by atoms with van der Waals surface area (Å²) in [7, 11) is 1.96. The lowest BCUT2D eigenvalue weighted by Gasteiger charge is -2.32. The number of likely N-dealkylation sites (tertiary alicyclic amines) is 1. The summed E-state index contributed by atoms with van der Waals surface area (Å²) in [6.45, 7) is 1.74. The molecule has 2 aromatic rings. The summed E-state index contributed by atoms with van der Waals surface area (Å²) in [6, 6.07) is 4.09. The summed E-state index contributed by atoms with van der Waals surface area (Å²) in [5.41, 5.74) is 2.11. The molecule has 4 rings (SSSR count). The fourth-order valence-corrected chi connectivity index (χ4v) is 4.41. The van der Waals surface area contributed by atoms with Gasteiger partial charge < -0.3 is 4.90 Å². The van der Waals surface area contributed by atoms with E-state index in [2.05, 4.69) is 16.0 Å². The topological polar surface area (TPSA) is 51.0 Å². The van der Waals surface area contributed by atoms with Crippen LogP contribution in [-0.4, -0.2) is 38.7 Å². The van der Waals surface area contributed by atoms with E-state index in [1.807, 2.05) is 24.0 Å². The lowest BCUT2D eigenvalue weighted by Crippen LogP contribution is -2.38. The van der Waals surface area contributed by atoms with Crippen LogP contribution in [0.5, 0.6) is 0 Å². The van der Waals surface area contributed by atoms with Crippen molar-refractivity contribution in [2.24, 2.45) is 13.0 Å². The molecule has 24 heavy (non-hydrogen) atoms. The van der Waals surface area contributed by atoms with Crippen molar-refractivity contribution in [1.29, 1.82) is 0 Å². The first-order chi connectivity index (χ1) is 11.7. The zero-order chi connectivity index (χ0) is 16.5. The van der Waals surface area contributed by atoms with Gasteiger partial charge in [0.1, 0.15) is 0 Å². The molecule has 1 amide bonds. The average molecular weight is 326 g/mol. The Bertz CT molecular complexity index is 724. The van der Waals surface area contributed by atoms with Gasteiger partial charge in [0.15, 0.2) is 5.65 Å². The van der Waals surface area contributed by atoms with Crippen molar-refractivity contribution in [3.05, 3.63) is 24.0 Å². The molecule has 3 heterocycles. The number of fused-ring (bicyclic) bond motifs is 1. The number of piperidine rings is 1. The van der Waals surface area contributed by atoms with Crippen LogP contribution in [-0.2, 0) is 11.8 Å². The molecule has 0 radical (unpaired) electrons. The second kappa shape index (κ2) is 6.54. The van der Waals surface area contributed by atoms with Crippen molar-refractivity contribution in [3.63, 3.8) is 0 Å². The van der Waals surface area contributed by atoms with E-state index in [1.165, 1.54) is 25.7 Å². The molecule has 0 bridgehead atoms. The maximum atomic E-state index is 12.5. The van der Waals surface area contributed by atoms with Gasteiger partial charge in [-0.1, -0.05) is 12.8 Å². The number of pyridine rings is 1. The van der Waals surface area contributed by atoms with Crippen LogP contribution in [0.2, 0.25) is 0 Å². The predicted molar refractivity (Wildman–Crippen MR) is 93.6 cm³/mol. The van der Waals surface area contributed by atoms with Crippen LogP contribution in [0.3, 0.4) is 0 Å². The number of nitrogens with zero attached hydrogens (tertiary/aromatic N) is 4. The molecule has 2 aromatic heterocycles. The number of hydrogen-bond acceptors (Lipinski definition) is 3. The third-order valence-corrected chi connectivity index (χ3v) is 5.80. The molecule has 1 aliphatic carbocycles. The lowest BCUT2D eigenvalue weighted by molar-refractivity contribution is -0.133. The molecule has 1 aliphatic heterocycles. The zero-order valence-corrected chi connectivity index (χ0v) is 14.4.